The van der Waals surface area contributed by atoms with Gasteiger partial charge in [0, 0.05) is 24.5 Å². The minimum Gasteiger partial charge on any atom is -0.326 e. The summed E-state index contributed by atoms with van der Waals surface area (Å²) in [7, 11) is 0. The number of hydrogen-bond donors (Lipinski definition) is 1. The van der Waals surface area contributed by atoms with Crippen LogP contribution in [0.3, 0.4) is 0 Å². The second-order valence-electron chi connectivity index (χ2n) is 6.51. The average molecular weight is 262 g/mol. The third-order valence-electron chi connectivity index (χ3n) is 3.05. The first-order chi connectivity index (χ1) is 8.81. The third-order valence-corrected chi connectivity index (χ3v) is 3.05. The molecular weight excluding hydrogens is 236 g/mol. The van der Waals surface area contributed by atoms with Gasteiger partial charge in [-0.05, 0) is 35.8 Å². The molecule has 0 aliphatic rings. The SMILES string of the molecule is CCc1cnccc1NC(=O)CC(C)CC(C)(C)C. The Morgan fingerprint density at radius 3 is 2.68 bits per heavy atom. The van der Waals surface area contributed by atoms with Gasteiger partial charge in [-0.3, -0.25) is 9.78 Å². The molecule has 1 rings (SSSR count). The van der Waals surface area contributed by atoms with Gasteiger partial charge in [-0.15, -0.1) is 0 Å². The second-order valence-corrected chi connectivity index (χ2v) is 6.51. The Balaban J connectivity index is 2.56. The number of pyridine rings is 1. The van der Waals surface area contributed by atoms with Crippen molar-refractivity contribution in [2.24, 2.45) is 11.3 Å². The van der Waals surface area contributed by atoms with Gasteiger partial charge in [-0.2, -0.15) is 0 Å². The van der Waals surface area contributed by atoms with Crippen molar-refractivity contribution in [2.75, 3.05) is 5.32 Å². The third kappa shape index (κ3) is 5.86. The molecule has 1 unspecified atom stereocenters. The van der Waals surface area contributed by atoms with E-state index in [-0.39, 0.29) is 11.3 Å². The highest BCUT2D eigenvalue weighted by atomic mass is 16.1. The molecule has 0 aliphatic carbocycles. The number of hydrogen-bond acceptors (Lipinski definition) is 2. The van der Waals surface area contributed by atoms with E-state index < -0.39 is 0 Å². The molecule has 3 heteroatoms. The van der Waals surface area contributed by atoms with E-state index in [4.69, 9.17) is 0 Å². The summed E-state index contributed by atoms with van der Waals surface area (Å²) in [5.41, 5.74) is 2.25. The number of nitrogens with one attached hydrogen (secondary N) is 1. The molecule has 19 heavy (non-hydrogen) atoms. The summed E-state index contributed by atoms with van der Waals surface area (Å²) in [5.74, 6) is 0.490. The van der Waals surface area contributed by atoms with E-state index in [1.807, 2.05) is 12.3 Å². The van der Waals surface area contributed by atoms with Gasteiger partial charge in [-0.25, -0.2) is 0 Å². The topological polar surface area (TPSA) is 42.0 Å². The van der Waals surface area contributed by atoms with Crippen molar-refractivity contribution in [2.45, 2.75) is 53.9 Å². The molecule has 0 fully saturated rings. The summed E-state index contributed by atoms with van der Waals surface area (Å²) in [6.45, 7) is 10.8. The molecule has 0 aromatic carbocycles. The molecule has 3 nitrogen and oxygen atoms in total. The normalized spacial score (nSPS) is 13.1. The molecule has 0 radical (unpaired) electrons. The highest BCUT2D eigenvalue weighted by Gasteiger charge is 2.18. The molecular formula is C16H26N2O. The maximum atomic E-state index is 12.0. The van der Waals surface area contributed by atoms with Gasteiger partial charge in [-0.1, -0.05) is 34.6 Å². The van der Waals surface area contributed by atoms with Gasteiger partial charge in [0.15, 0.2) is 0 Å². The van der Waals surface area contributed by atoms with Crippen molar-refractivity contribution in [3.8, 4) is 0 Å². The van der Waals surface area contributed by atoms with Crippen LogP contribution in [0.1, 0.15) is 53.0 Å². The van der Waals surface area contributed by atoms with Crippen LogP contribution in [0, 0.1) is 11.3 Å². The zero-order valence-electron chi connectivity index (χ0n) is 12.8. The van der Waals surface area contributed by atoms with Crippen LogP contribution in [0.25, 0.3) is 0 Å². The van der Waals surface area contributed by atoms with Crippen LogP contribution < -0.4 is 5.32 Å². The largest absolute Gasteiger partial charge is 0.326 e. The maximum absolute atomic E-state index is 12.0. The van der Waals surface area contributed by atoms with Crippen molar-refractivity contribution in [3.63, 3.8) is 0 Å². The first kappa shape index (κ1) is 15.7. The van der Waals surface area contributed by atoms with Crippen molar-refractivity contribution >= 4 is 11.6 Å². The molecule has 1 N–H and O–H groups in total. The molecule has 0 saturated heterocycles. The molecule has 1 atom stereocenters. The number of amides is 1. The standard InChI is InChI=1S/C16H26N2O/c1-6-13-11-17-8-7-14(13)18-15(19)9-12(2)10-16(3,4)5/h7-8,11-12H,6,9-10H2,1-5H3,(H,17,18,19). The Kier molecular flexibility index (Phi) is 5.52. The van der Waals surface area contributed by atoms with Crippen LogP contribution in [0.5, 0.6) is 0 Å². The van der Waals surface area contributed by atoms with Gasteiger partial charge >= 0.3 is 0 Å². The molecule has 0 saturated carbocycles. The predicted molar refractivity (Wildman–Crippen MR) is 80.1 cm³/mol. The number of aryl methyl sites for hydroxylation is 1. The molecule has 0 aliphatic heterocycles. The van der Waals surface area contributed by atoms with Crippen LogP contribution >= 0.6 is 0 Å². The predicted octanol–water partition coefficient (Wildman–Crippen LogP) is 4.04. The number of anilines is 1. The Morgan fingerprint density at radius 1 is 1.42 bits per heavy atom. The summed E-state index contributed by atoms with van der Waals surface area (Å²) >= 11 is 0. The smallest absolute Gasteiger partial charge is 0.224 e. The Hall–Kier alpha value is -1.38. The summed E-state index contributed by atoms with van der Waals surface area (Å²) in [6, 6.07) is 1.87. The first-order valence-electron chi connectivity index (χ1n) is 7.04. The van der Waals surface area contributed by atoms with E-state index in [1.54, 1.807) is 6.20 Å². The van der Waals surface area contributed by atoms with Crippen molar-refractivity contribution in [1.29, 1.82) is 0 Å². The van der Waals surface area contributed by atoms with Crippen LogP contribution in [0.15, 0.2) is 18.5 Å². The van der Waals surface area contributed by atoms with Crippen LogP contribution in [0.4, 0.5) is 5.69 Å². The fraction of sp³-hybridized carbons (Fsp3) is 0.625. The van der Waals surface area contributed by atoms with E-state index >= 15 is 0 Å². The number of aromatic nitrogens is 1. The van der Waals surface area contributed by atoms with E-state index in [9.17, 15) is 4.79 Å². The van der Waals surface area contributed by atoms with Crippen LogP contribution in [-0.2, 0) is 11.2 Å². The highest BCUT2D eigenvalue weighted by Crippen LogP contribution is 2.26. The van der Waals surface area contributed by atoms with Crippen molar-refractivity contribution in [3.05, 3.63) is 24.0 Å². The zero-order valence-corrected chi connectivity index (χ0v) is 12.8. The molecule has 1 heterocycles. The molecule has 1 aromatic heterocycles. The molecule has 1 amide bonds. The van der Waals surface area contributed by atoms with Gasteiger partial charge < -0.3 is 5.32 Å². The summed E-state index contributed by atoms with van der Waals surface area (Å²) in [6.07, 6.45) is 6.03. The Bertz CT molecular complexity index is 421. The van der Waals surface area contributed by atoms with Gasteiger partial charge in [0.2, 0.25) is 5.91 Å². The fourth-order valence-electron chi connectivity index (χ4n) is 2.47. The highest BCUT2D eigenvalue weighted by molar-refractivity contribution is 5.91. The van der Waals surface area contributed by atoms with Gasteiger partial charge in [0.1, 0.15) is 0 Å². The van der Waals surface area contributed by atoms with Gasteiger partial charge in [0.05, 0.1) is 0 Å². The molecule has 0 spiro atoms. The number of carbonyl (C=O) groups is 1. The lowest BCUT2D eigenvalue weighted by Gasteiger charge is -2.23. The monoisotopic (exact) mass is 262 g/mol. The average Bonchev–Trinajstić information content (AvgIpc) is 2.26. The lowest BCUT2D eigenvalue weighted by Crippen LogP contribution is -2.19. The van der Waals surface area contributed by atoms with E-state index in [0.29, 0.717) is 12.3 Å². The minimum atomic E-state index is 0.0950. The molecule has 1 aromatic rings. The maximum Gasteiger partial charge on any atom is 0.224 e. The van der Waals surface area contributed by atoms with Crippen LogP contribution in [0.2, 0.25) is 0 Å². The number of rotatable bonds is 5. The van der Waals surface area contributed by atoms with Crippen molar-refractivity contribution < 1.29 is 4.79 Å². The summed E-state index contributed by atoms with van der Waals surface area (Å²) in [4.78, 5) is 16.1. The van der Waals surface area contributed by atoms with Crippen LogP contribution in [-0.4, -0.2) is 10.9 Å². The first-order valence-corrected chi connectivity index (χ1v) is 7.04. The minimum absolute atomic E-state index is 0.0950. The Morgan fingerprint density at radius 2 is 2.11 bits per heavy atom. The zero-order chi connectivity index (χ0) is 14.5. The number of carbonyl (C=O) groups excluding carboxylic acids is 1. The second kappa shape index (κ2) is 6.69. The Labute approximate surface area is 116 Å². The lowest BCUT2D eigenvalue weighted by atomic mass is 9.84. The van der Waals surface area contributed by atoms with E-state index in [1.165, 1.54) is 0 Å². The van der Waals surface area contributed by atoms with Crippen molar-refractivity contribution in [1.82, 2.24) is 4.98 Å². The van der Waals surface area contributed by atoms with E-state index in [0.717, 1.165) is 24.1 Å². The lowest BCUT2D eigenvalue weighted by molar-refractivity contribution is -0.117. The quantitative estimate of drug-likeness (QED) is 0.870. The molecule has 106 valence electrons. The molecule has 0 bridgehead atoms. The van der Waals surface area contributed by atoms with E-state index in [2.05, 4.69) is 44.9 Å². The number of nitrogens with zero attached hydrogens (tertiary/aromatic N) is 1. The summed E-state index contributed by atoms with van der Waals surface area (Å²) < 4.78 is 0. The summed E-state index contributed by atoms with van der Waals surface area (Å²) in [5, 5.41) is 3.00. The fourth-order valence-corrected chi connectivity index (χ4v) is 2.47. The van der Waals surface area contributed by atoms with Gasteiger partial charge in [0.25, 0.3) is 0 Å².